The van der Waals surface area contributed by atoms with Crippen molar-refractivity contribution in [3.05, 3.63) is 65.3 Å². The minimum Gasteiger partial charge on any atom is -0.351 e. The number of hydrogen-bond acceptors (Lipinski definition) is 9. The molecule has 1 aromatic heterocycles. The summed E-state index contributed by atoms with van der Waals surface area (Å²) >= 11 is 0. The molecule has 46 heavy (non-hydrogen) atoms. The molecular formula is C29H33F5N6O4S2. The van der Waals surface area contributed by atoms with Gasteiger partial charge in [0.05, 0.1) is 28.7 Å². The van der Waals surface area contributed by atoms with Crippen LogP contribution in [-0.4, -0.2) is 80.2 Å². The van der Waals surface area contributed by atoms with Gasteiger partial charge in [-0.25, -0.2) is 40.7 Å². The quantitative estimate of drug-likeness (QED) is 0.307. The first-order valence-corrected chi connectivity index (χ1v) is 18.0. The highest BCUT2D eigenvalue weighted by Crippen LogP contribution is 2.51. The van der Waals surface area contributed by atoms with Crippen LogP contribution in [0.2, 0.25) is 0 Å². The lowest BCUT2D eigenvalue weighted by atomic mass is 9.67. The molecule has 1 aromatic carbocycles. The highest BCUT2D eigenvalue weighted by atomic mass is 32.2. The number of nitrogens with two attached hydrogens (primary N) is 1. The van der Waals surface area contributed by atoms with Gasteiger partial charge in [-0.1, -0.05) is 18.2 Å². The lowest BCUT2D eigenvalue weighted by Crippen LogP contribution is -2.64. The van der Waals surface area contributed by atoms with E-state index in [-0.39, 0.29) is 28.9 Å². The topological polar surface area (TPSA) is 147 Å². The van der Waals surface area contributed by atoms with Gasteiger partial charge >= 0.3 is 6.18 Å². The fraction of sp³-hybridized carbons (Fsp3) is 0.517. The molecule has 3 heterocycles. The van der Waals surface area contributed by atoms with Crippen molar-refractivity contribution in [2.45, 2.75) is 67.6 Å². The van der Waals surface area contributed by atoms with E-state index in [1.165, 1.54) is 35.4 Å². The predicted octanol–water partition coefficient (Wildman–Crippen LogP) is 3.36. The lowest BCUT2D eigenvalue weighted by molar-refractivity contribution is -0.140. The zero-order valence-corrected chi connectivity index (χ0v) is 26.5. The van der Waals surface area contributed by atoms with Gasteiger partial charge in [0.25, 0.3) is 0 Å². The number of rotatable bonds is 6. The molecule has 0 radical (unpaired) electrons. The summed E-state index contributed by atoms with van der Waals surface area (Å²) in [7, 11) is -8.21. The van der Waals surface area contributed by atoms with Crippen molar-refractivity contribution in [1.29, 1.82) is 0 Å². The van der Waals surface area contributed by atoms with E-state index in [4.69, 9.17) is 5.14 Å². The van der Waals surface area contributed by atoms with Gasteiger partial charge in [0.15, 0.2) is 15.6 Å². The zero-order valence-electron chi connectivity index (χ0n) is 24.9. The fourth-order valence-electron chi connectivity index (χ4n) is 7.49. The highest BCUT2D eigenvalue weighted by molar-refractivity contribution is 7.92. The minimum absolute atomic E-state index is 0.0542. The summed E-state index contributed by atoms with van der Waals surface area (Å²) in [5.74, 6) is -5.35. The van der Waals surface area contributed by atoms with Gasteiger partial charge in [0.2, 0.25) is 16.0 Å². The van der Waals surface area contributed by atoms with E-state index < -0.39 is 71.7 Å². The monoisotopic (exact) mass is 688 g/mol. The second-order valence-corrected chi connectivity index (χ2v) is 16.4. The normalized spacial score (nSPS) is 29.6. The number of primary sulfonamides is 1. The Morgan fingerprint density at radius 1 is 1.11 bits per heavy atom. The van der Waals surface area contributed by atoms with E-state index in [9.17, 15) is 30.0 Å². The van der Waals surface area contributed by atoms with Crippen LogP contribution >= 0.6 is 0 Å². The van der Waals surface area contributed by atoms with Gasteiger partial charge in [-0.3, -0.25) is 4.90 Å². The smallest absolute Gasteiger partial charge is 0.351 e. The molecule has 2 aromatic rings. The number of alkyl halides is 4. The first-order valence-electron chi connectivity index (χ1n) is 14.6. The standard InChI is InChI=1S/C29H33F5N6O4S2/c1-16-12-36-13-17(2)40(16)28(31)7-5-18(9-22(28)20-3-4-21(29(32,33)34)25(24(20)30)46(35,43)44)23-6-8-37-26(39-23)38-19-10-27(11-19)14-45(41,42)15-27/h3-9,16-17,19,22,36H,10-15H2,1-2H3,(H2,35,43,44)(H,37,38,39)/t16-,17-,22?,28?/m0/s1. The van der Waals surface area contributed by atoms with E-state index >= 15 is 8.78 Å². The first-order chi connectivity index (χ1) is 21.3. The van der Waals surface area contributed by atoms with Crippen molar-refractivity contribution in [2.75, 3.05) is 29.9 Å². The number of nitrogens with zero attached hydrogens (tertiary/aromatic N) is 3. The summed E-state index contributed by atoms with van der Waals surface area (Å²) < 4.78 is 123. The zero-order chi connectivity index (χ0) is 33.4. The molecule has 250 valence electrons. The molecule has 2 aliphatic carbocycles. The maximum atomic E-state index is 17.5. The maximum Gasteiger partial charge on any atom is 0.417 e. The van der Waals surface area contributed by atoms with Gasteiger partial charge < -0.3 is 10.6 Å². The summed E-state index contributed by atoms with van der Waals surface area (Å²) in [5.41, 5.74) is -2.04. The fourth-order valence-corrected chi connectivity index (χ4v) is 10.6. The van der Waals surface area contributed by atoms with E-state index in [1.54, 1.807) is 13.8 Å². The van der Waals surface area contributed by atoms with Crippen LogP contribution in [0.1, 0.15) is 49.4 Å². The SMILES string of the molecule is C[C@H]1CNC[C@H](C)N1C1(F)C=CC(c2ccnc(NC3CC4(C3)CS(=O)(=O)C4)n2)=CC1c1ccc(C(F)(F)F)c(S(N)(=O)=O)c1F. The van der Waals surface area contributed by atoms with Crippen LogP contribution < -0.4 is 15.8 Å². The molecule has 3 fully saturated rings. The van der Waals surface area contributed by atoms with E-state index in [1.807, 2.05) is 0 Å². The van der Waals surface area contributed by atoms with Crippen LogP contribution in [0, 0.1) is 11.2 Å². The Morgan fingerprint density at radius 2 is 1.76 bits per heavy atom. The molecule has 1 saturated carbocycles. The maximum absolute atomic E-state index is 17.5. The summed E-state index contributed by atoms with van der Waals surface area (Å²) in [4.78, 5) is 8.49. The molecule has 1 spiro atoms. The van der Waals surface area contributed by atoms with Crippen molar-refractivity contribution < 1.29 is 38.8 Å². The van der Waals surface area contributed by atoms with E-state index in [0.717, 1.165) is 6.07 Å². The largest absolute Gasteiger partial charge is 0.417 e. The van der Waals surface area contributed by atoms with Crippen molar-refractivity contribution >= 4 is 31.4 Å². The van der Waals surface area contributed by atoms with Crippen LogP contribution in [0.3, 0.4) is 0 Å². The highest BCUT2D eigenvalue weighted by Gasteiger charge is 2.56. The Morgan fingerprint density at radius 3 is 2.35 bits per heavy atom. The van der Waals surface area contributed by atoms with Crippen LogP contribution in [0.25, 0.3) is 5.57 Å². The molecule has 4 N–H and O–H groups in total. The van der Waals surface area contributed by atoms with E-state index in [2.05, 4.69) is 20.6 Å². The molecule has 4 atom stereocenters. The number of nitrogens with one attached hydrogen (secondary N) is 2. The van der Waals surface area contributed by atoms with Crippen molar-refractivity contribution in [2.24, 2.45) is 10.6 Å². The Balaban J connectivity index is 1.40. The van der Waals surface area contributed by atoms with Crippen molar-refractivity contribution in [1.82, 2.24) is 20.2 Å². The molecule has 2 unspecified atom stereocenters. The molecule has 4 aliphatic rings. The van der Waals surface area contributed by atoms with E-state index in [0.29, 0.717) is 43.3 Å². The van der Waals surface area contributed by atoms with Gasteiger partial charge in [0.1, 0.15) is 10.7 Å². The first kappa shape index (κ1) is 32.9. The number of allylic oxidation sites excluding steroid dienone is 2. The van der Waals surface area contributed by atoms with Crippen molar-refractivity contribution in [3.63, 3.8) is 0 Å². The van der Waals surface area contributed by atoms with Gasteiger partial charge in [0, 0.05) is 48.4 Å². The molecule has 0 bridgehead atoms. The molecule has 0 amide bonds. The number of sulfone groups is 1. The summed E-state index contributed by atoms with van der Waals surface area (Å²) in [6.07, 6.45) is 1.44. The minimum atomic E-state index is -5.25. The average molecular weight is 689 g/mol. The lowest BCUT2D eigenvalue weighted by Gasteiger charge is -2.53. The number of hydrogen-bond donors (Lipinski definition) is 3. The molecule has 2 saturated heterocycles. The number of halogens is 5. The Bertz CT molecular complexity index is 1820. The van der Waals surface area contributed by atoms with Crippen molar-refractivity contribution in [3.8, 4) is 0 Å². The molecular weight excluding hydrogens is 655 g/mol. The molecule has 10 nitrogen and oxygen atoms in total. The third-order valence-electron chi connectivity index (χ3n) is 9.25. The number of anilines is 1. The Hall–Kier alpha value is -2.99. The molecule has 6 rings (SSSR count). The van der Waals surface area contributed by atoms with Gasteiger partial charge in [-0.2, -0.15) is 13.2 Å². The van der Waals surface area contributed by atoms with Gasteiger partial charge in [-0.15, -0.1) is 0 Å². The Labute approximate surface area is 263 Å². The second-order valence-electron chi connectivity index (χ2n) is 12.9. The third-order valence-corrected chi connectivity index (χ3v) is 12.3. The predicted molar refractivity (Wildman–Crippen MR) is 160 cm³/mol. The second kappa shape index (κ2) is 11.0. The van der Waals surface area contributed by atoms with Crippen LogP contribution in [0.5, 0.6) is 0 Å². The van der Waals surface area contributed by atoms with Crippen LogP contribution in [-0.2, 0) is 26.0 Å². The van der Waals surface area contributed by atoms with Gasteiger partial charge in [-0.05, 0) is 50.5 Å². The number of benzene rings is 1. The summed E-state index contributed by atoms with van der Waals surface area (Å²) in [6, 6.07) is 1.76. The van der Waals surface area contributed by atoms with Crippen LogP contribution in [0.15, 0.2) is 47.5 Å². The summed E-state index contributed by atoms with van der Waals surface area (Å²) in [5, 5.41) is 11.4. The average Bonchev–Trinajstić information content (AvgIpc) is 2.90. The van der Waals surface area contributed by atoms with Crippen LogP contribution in [0.4, 0.5) is 27.9 Å². The molecule has 2 aliphatic heterocycles. The third kappa shape index (κ3) is 5.84. The Kier molecular flexibility index (Phi) is 7.90. The number of sulfonamides is 1. The number of piperazine rings is 1. The number of aromatic nitrogens is 2. The summed E-state index contributed by atoms with van der Waals surface area (Å²) in [6.45, 7) is 4.25. The molecule has 17 heteroatoms.